The van der Waals surface area contributed by atoms with E-state index < -0.39 is 18.0 Å². The summed E-state index contributed by atoms with van der Waals surface area (Å²) >= 11 is 0. The van der Waals surface area contributed by atoms with Gasteiger partial charge in [0, 0.05) is 34.9 Å². The molecule has 0 spiro atoms. The first-order chi connectivity index (χ1) is 11.9. The Morgan fingerprint density at radius 2 is 1.48 bits per heavy atom. The fourth-order valence-corrected chi connectivity index (χ4v) is 2.72. The molecular weight excluding hydrogens is 322 g/mol. The third kappa shape index (κ3) is 3.06. The lowest BCUT2D eigenvalue weighted by atomic mass is 9.84. The third-order valence-electron chi connectivity index (χ3n) is 3.90. The first-order valence-electron chi connectivity index (χ1n) is 7.69. The second kappa shape index (κ2) is 6.32. The van der Waals surface area contributed by atoms with Gasteiger partial charge in [0.25, 0.3) is 5.91 Å². The van der Waals surface area contributed by atoms with Gasteiger partial charge >= 0.3 is 5.97 Å². The number of carbonyl (C=O) groups is 4. The summed E-state index contributed by atoms with van der Waals surface area (Å²) in [7, 11) is 0. The lowest BCUT2D eigenvalue weighted by Crippen LogP contribution is -2.29. The standard InChI is InChI=1S/C19H15NO5/c1-10(25-11(2)21)19(24)20-12-7-8-15-16(9-12)18(23)14-6-4-3-5-13(14)17(15)22/h3-10H,1-2H3,(H,20,24)/t10-/m1/s1. The normalized spacial score (nSPS) is 13.5. The van der Waals surface area contributed by atoms with Gasteiger partial charge in [-0.25, -0.2) is 0 Å². The van der Waals surface area contributed by atoms with Crippen molar-refractivity contribution in [2.24, 2.45) is 0 Å². The highest BCUT2D eigenvalue weighted by atomic mass is 16.5. The van der Waals surface area contributed by atoms with Gasteiger partial charge in [-0.2, -0.15) is 0 Å². The molecule has 1 aliphatic carbocycles. The molecule has 1 atom stereocenters. The van der Waals surface area contributed by atoms with E-state index in [1.807, 2.05) is 0 Å². The number of amides is 1. The zero-order valence-corrected chi connectivity index (χ0v) is 13.7. The molecular formula is C19H15NO5. The number of hydrogen-bond acceptors (Lipinski definition) is 5. The Bertz CT molecular complexity index is 916. The van der Waals surface area contributed by atoms with E-state index in [0.29, 0.717) is 22.4 Å². The molecule has 6 nitrogen and oxygen atoms in total. The first-order valence-corrected chi connectivity index (χ1v) is 7.69. The van der Waals surface area contributed by atoms with Crippen LogP contribution >= 0.6 is 0 Å². The summed E-state index contributed by atoms with van der Waals surface area (Å²) in [5.74, 6) is -1.58. The average Bonchev–Trinajstić information content (AvgIpc) is 2.59. The van der Waals surface area contributed by atoms with Crippen molar-refractivity contribution in [3.8, 4) is 0 Å². The maximum absolute atomic E-state index is 12.6. The first kappa shape index (κ1) is 16.6. The summed E-state index contributed by atoms with van der Waals surface area (Å²) in [6.07, 6.45) is -0.966. The van der Waals surface area contributed by atoms with Gasteiger partial charge in [0.05, 0.1) is 0 Å². The minimum absolute atomic E-state index is 0.226. The molecule has 25 heavy (non-hydrogen) atoms. The summed E-state index contributed by atoms with van der Waals surface area (Å²) in [5, 5.41) is 2.58. The largest absolute Gasteiger partial charge is 0.453 e. The van der Waals surface area contributed by atoms with E-state index in [2.05, 4.69) is 5.32 Å². The van der Waals surface area contributed by atoms with Crippen LogP contribution in [0.15, 0.2) is 42.5 Å². The summed E-state index contributed by atoms with van der Waals surface area (Å²) in [5.41, 5.74) is 1.61. The van der Waals surface area contributed by atoms with E-state index >= 15 is 0 Å². The van der Waals surface area contributed by atoms with Crippen LogP contribution in [-0.4, -0.2) is 29.5 Å². The zero-order chi connectivity index (χ0) is 18.1. The van der Waals surface area contributed by atoms with Crippen molar-refractivity contribution in [1.82, 2.24) is 0 Å². The fourth-order valence-electron chi connectivity index (χ4n) is 2.72. The molecule has 0 saturated carbocycles. The molecule has 0 aromatic heterocycles. The van der Waals surface area contributed by atoms with Crippen LogP contribution in [0.3, 0.4) is 0 Å². The average molecular weight is 337 g/mol. The summed E-state index contributed by atoms with van der Waals surface area (Å²) in [4.78, 5) is 48.1. The minimum atomic E-state index is -0.966. The van der Waals surface area contributed by atoms with Crippen molar-refractivity contribution in [1.29, 1.82) is 0 Å². The number of ether oxygens (including phenoxy) is 1. The Labute approximate surface area is 143 Å². The molecule has 0 saturated heterocycles. The second-order valence-corrected chi connectivity index (χ2v) is 5.71. The zero-order valence-electron chi connectivity index (χ0n) is 13.7. The summed E-state index contributed by atoms with van der Waals surface area (Å²) < 4.78 is 4.81. The Balaban J connectivity index is 1.90. The van der Waals surface area contributed by atoms with Gasteiger partial charge in [-0.15, -0.1) is 0 Å². The van der Waals surface area contributed by atoms with Crippen LogP contribution in [0, 0.1) is 0 Å². The van der Waals surface area contributed by atoms with E-state index in [-0.39, 0.29) is 17.1 Å². The number of rotatable bonds is 3. The number of benzene rings is 2. The third-order valence-corrected chi connectivity index (χ3v) is 3.90. The van der Waals surface area contributed by atoms with Gasteiger partial charge in [0.2, 0.25) is 0 Å². The van der Waals surface area contributed by atoms with E-state index in [9.17, 15) is 19.2 Å². The van der Waals surface area contributed by atoms with Crippen molar-refractivity contribution in [3.63, 3.8) is 0 Å². The van der Waals surface area contributed by atoms with Crippen LogP contribution in [0.4, 0.5) is 5.69 Å². The highest BCUT2D eigenvalue weighted by Gasteiger charge is 2.29. The van der Waals surface area contributed by atoms with Gasteiger partial charge in [0.15, 0.2) is 17.7 Å². The maximum Gasteiger partial charge on any atom is 0.303 e. The van der Waals surface area contributed by atoms with E-state index in [4.69, 9.17) is 4.74 Å². The predicted molar refractivity (Wildman–Crippen MR) is 89.6 cm³/mol. The number of ketones is 2. The molecule has 0 unspecified atom stereocenters. The van der Waals surface area contributed by atoms with Crippen LogP contribution in [0.1, 0.15) is 45.7 Å². The van der Waals surface area contributed by atoms with Crippen molar-refractivity contribution in [2.45, 2.75) is 20.0 Å². The van der Waals surface area contributed by atoms with E-state index in [1.54, 1.807) is 24.3 Å². The van der Waals surface area contributed by atoms with Crippen LogP contribution in [0.2, 0.25) is 0 Å². The molecule has 1 aliphatic rings. The van der Waals surface area contributed by atoms with Gasteiger partial charge < -0.3 is 10.1 Å². The van der Waals surface area contributed by atoms with Gasteiger partial charge in [-0.1, -0.05) is 24.3 Å². The molecule has 3 rings (SSSR count). The number of anilines is 1. The predicted octanol–water partition coefficient (Wildman–Crippen LogP) is 2.35. The topological polar surface area (TPSA) is 89.5 Å². The van der Waals surface area contributed by atoms with Crippen molar-refractivity contribution < 1.29 is 23.9 Å². The molecule has 0 bridgehead atoms. The molecule has 0 heterocycles. The highest BCUT2D eigenvalue weighted by molar-refractivity contribution is 6.28. The van der Waals surface area contributed by atoms with E-state index in [1.165, 1.54) is 32.0 Å². The molecule has 0 fully saturated rings. The molecule has 1 N–H and O–H groups in total. The quantitative estimate of drug-likeness (QED) is 0.741. The van der Waals surface area contributed by atoms with E-state index in [0.717, 1.165) is 0 Å². The number of nitrogens with one attached hydrogen (secondary N) is 1. The van der Waals surface area contributed by atoms with Crippen LogP contribution in [0.25, 0.3) is 0 Å². The molecule has 2 aromatic rings. The number of carbonyl (C=O) groups excluding carboxylic acids is 4. The lowest BCUT2D eigenvalue weighted by Gasteiger charge is -2.18. The lowest BCUT2D eigenvalue weighted by molar-refractivity contribution is -0.150. The van der Waals surface area contributed by atoms with Gasteiger partial charge in [0.1, 0.15) is 0 Å². The molecule has 2 aromatic carbocycles. The smallest absolute Gasteiger partial charge is 0.303 e. The number of hydrogen-bond donors (Lipinski definition) is 1. The summed E-state index contributed by atoms with van der Waals surface area (Å²) in [6.45, 7) is 2.66. The Hall–Kier alpha value is -3.28. The van der Waals surface area contributed by atoms with Crippen molar-refractivity contribution in [3.05, 3.63) is 64.7 Å². The van der Waals surface area contributed by atoms with Crippen molar-refractivity contribution >= 4 is 29.1 Å². The Morgan fingerprint density at radius 1 is 0.920 bits per heavy atom. The van der Waals surface area contributed by atoms with Gasteiger partial charge in [-0.05, 0) is 25.1 Å². The fraction of sp³-hybridized carbons (Fsp3) is 0.158. The SMILES string of the molecule is CC(=O)O[C@H](C)C(=O)Nc1ccc2c(c1)C(=O)c1ccccc1C2=O. The minimum Gasteiger partial charge on any atom is -0.453 e. The molecule has 0 aliphatic heterocycles. The van der Waals surface area contributed by atoms with Crippen molar-refractivity contribution in [2.75, 3.05) is 5.32 Å². The monoisotopic (exact) mass is 337 g/mol. The van der Waals surface area contributed by atoms with Crippen LogP contribution in [0.5, 0.6) is 0 Å². The molecule has 126 valence electrons. The molecule has 1 amide bonds. The maximum atomic E-state index is 12.6. The molecule has 0 radical (unpaired) electrons. The Morgan fingerprint density at radius 3 is 2.08 bits per heavy atom. The van der Waals surface area contributed by atoms with Gasteiger partial charge in [-0.3, -0.25) is 19.2 Å². The van der Waals surface area contributed by atoms with Crippen LogP contribution in [-0.2, 0) is 14.3 Å². The van der Waals surface area contributed by atoms with Crippen LogP contribution < -0.4 is 5.32 Å². The number of esters is 1. The summed E-state index contributed by atoms with van der Waals surface area (Å²) in [6, 6.07) is 11.1. The second-order valence-electron chi connectivity index (χ2n) is 5.71. The highest BCUT2D eigenvalue weighted by Crippen LogP contribution is 2.29. The number of fused-ring (bicyclic) bond motifs is 2. The molecule has 6 heteroatoms. The Kier molecular flexibility index (Phi) is 4.19.